The zero-order valence-corrected chi connectivity index (χ0v) is 18.4. The average molecular weight is 418 g/mol. The fourth-order valence-electron chi connectivity index (χ4n) is 4.74. The highest BCUT2D eigenvalue weighted by Gasteiger charge is 2.54. The van der Waals surface area contributed by atoms with Gasteiger partial charge in [0.15, 0.2) is 0 Å². The molecule has 2 heterocycles. The third-order valence-electron chi connectivity index (χ3n) is 6.82. The molecule has 1 aliphatic heterocycles. The number of nitrogens with one attached hydrogen (secondary N) is 1. The minimum atomic E-state index is -0.808. The van der Waals surface area contributed by atoms with E-state index in [-0.39, 0.29) is 29.8 Å². The van der Waals surface area contributed by atoms with E-state index in [1.165, 1.54) is 0 Å². The van der Waals surface area contributed by atoms with Crippen LogP contribution in [0.2, 0.25) is 0 Å². The normalized spacial score (nSPS) is 27.4. The van der Waals surface area contributed by atoms with Crippen molar-refractivity contribution in [3.8, 4) is 0 Å². The second kappa shape index (κ2) is 7.42. The number of carbonyl (C=O) groups excluding carboxylic acids is 3. The highest BCUT2D eigenvalue weighted by molar-refractivity contribution is 7.09. The number of nitrogens with zero attached hydrogens (tertiary/aromatic N) is 2. The lowest BCUT2D eigenvalue weighted by atomic mass is 9.67. The molecular formula is C22H31N3O3S. The molecule has 1 saturated heterocycles. The number of carbonyl (C=O) groups is 3. The van der Waals surface area contributed by atoms with E-state index in [0.717, 1.165) is 35.5 Å². The Balaban J connectivity index is 1.42. The zero-order valence-electron chi connectivity index (χ0n) is 17.6. The van der Waals surface area contributed by atoms with Gasteiger partial charge in [-0.25, -0.2) is 4.79 Å². The molecule has 1 aromatic heterocycles. The van der Waals surface area contributed by atoms with E-state index in [4.69, 9.17) is 0 Å². The summed E-state index contributed by atoms with van der Waals surface area (Å²) >= 11 is 1.62. The molecule has 2 aliphatic carbocycles. The SMILES string of the molecule is CC(C)(C)C1CCC2(CC1)NC(=O)N(CC(=O)N(Cc1cccs1)C1CC1)C2=O. The molecule has 0 atom stereocenters. The Morgan fingerprint density at radius 3 is 2.48 bits per heavy atom. The van der Waals surface area contributed by atoms with Gasteiger partial charge < -0.3 is 10.2 Å². The lowest BCUT2D eigenvalue weighted by Gasteiger charge is -2.40. The smallest absolute Gasteiger partial charge is 0.325 e. The Labute approximate surface area is 176 Å². The number of rotatable bonds is 5. The van der Waals surface area contributed by atoms with Gasteiger partial charge in [-0.05, 0) is 61.3 Å². The molecule has 29 heavy (non-hydrogen) atoms. The fraction of sp³-hybridized carbons (Fsp3) is 0.682. The Morgan fingerprint density at radius 1 is 1.24 bits per heavy atom. The van der Waals surface area contributed by atoms with Crippen molar-refractivity contribution in [3.05, 3.63) is 22.4 Å². The Hall–Kier alpha value is -1.89. The lowest BCUT2D eigenvalue weighted by molar-refractivity contribution is -0.140. The van der Waals surface area contributed by atoms with Crippen LogP contribution in [0.1, 0.15) is 64.2 Å². The van der Waals surface area contributed by atoms with Gasteiger partial charge in [-0.3, -0.25) is 14.5 Å². The van der Waals surface area contributed by atoms with Crippen molar-refractivity contribution in [2.75, 3.05) is 6.54 Å². The van der Waals surface area contributed by atoms with E-state index in [9.17, 15) is 14.4 Å². The molecule has 0 radical (unpaired) electrons. The summed E-state index contributed by atoms with van der Waals surface area (Å²) in [5.74, 6) is 0.199. The average Bonchev–Trinajstić information content (AvgIpc) is 3.32. The minimum absolute atomic E-state index is 0.134. The van der Waals surface area contributed by atoms with Crippen LogP contribution in [-0.2, 0) is 16.1 Å². The molecule has 6 nitrogen and oxygen atoms in total. The molecule has 0 unspecified atom stereocenters. The minimum Gasteiger partial charge on any atom is -0.333 e. The molecule has 0 aromatic carbocycles. The molecular weight excluding hydrogens is 386 g/mol. The molecule has 7 heteroatoms. The van der Waals surface area contributed by atoms with Gasteiger partial charge in [0, 0.05) is 10.9 Å². The number of urea groups is 1. The molecule has 1 N–H and O–H groups in total. The van der Waals surface area contributed by atoms with Gasteiger partial charge in [0.05, 0.1) is 6.54 Å². The van der Waals surface area contributed by atoms with Gasteiger partial charge >= 0.3 is 6.03 Å². The van der Waals surface area contributed by atoms with Crippen LogP contribution in [0.15, 0.2) is 17.5 Å². The quantitative estimate of drug-likeness (QED) is 0.742. The van der Waals surface area contributed by atoms with E-state index in [2.05, 4.69) is 26.1 Å². The van der Waals surface area contributed by atoms with Crippen molar-refractivity contribution in [2.45, 2.75) is 77.4 Å². The largest absolute Gasteiger partial charge is 0.333 e. The summed E-state index contributed by atoms with van der Waals surface area (Å²) in [7, 11) is 0. The summed E-state index contributed by atoms with van der Waals surface area (Å²) in [4.78, 5) is 42.9. The first-order valence-corrected chi connectivity index (χ1v) is 11.5. The summed E-state index contributed by atoms with van der Waals surface area (Å²) < 4.78 is 0. The van der Waals surface area contributed by atoms with Crippen molar-refractivity contribution < 1.29 is 14.4 Å². The van der Waals surface area contributed by atoms with E-state index >= 15 is 0 Å². The molecule has 4 amide bonds. The van der Waals surface area contributed by atoms with E-state index in [1.807, 2.05) is 22.4 Å². The van der Waals surface area contributed by atoms with Crippen LogP contribution in [0.25, 0.3) is 0 Å². The van der Waals surface area contributed by atoms with Crippen LogP contribution in [0.4, 0.5) is 4.79 Å². The van der Waals surface area contributed by atoms with Gasteiger partial charge in [0.25, 0.3) is 5.91 Å². The maximum absolute atomic E-state index is 13.2. The predicted octanol–water partition coefficient (Wildman–Crippen LogP) is 3.77. The second-order valence-corrected chi connectivity index (χ2v) is 10.9. The summed E-state index contributed by atoms with van der Waals surface area (Å²) in [5, 5.41) is 4.94. The van der Waals surface area contributed by atoms with Crippen LogP contribution in [-0.4, -0.2) is 45.8 Å². The Kier molecular flexibility index (Phi) is 5.21. The van der Waals surface area contributed by atoms with E-state index < -0.39 is 11.6 Å². The number of amides is 4. The molecule has 1 spiro atoms. The molecule has 3 fully saturated rings. The highest BCUT2D eigenvalue weighted by atomic mass is 32.1. The summed E-state index contributed by atoms with van der Waals surface area (Å²) in [6, 6.07) is 3.82. The first-order valence-electron chi connectivity index (χ1n) is 10.7. The molecule has 158 valence electrons. The number of imide groups is 1. The first-order chi connectivity index (χ1) is 13.7. The van der Waals surface area contributed by atoms with E-state index in [1.54, 1.807) is 11.3 Å². The standard InChI is InChI=1S/C22H31N3O3S/c1-21(2,3)15-8-10-22(11-9-15)19(27)25(20(28)23-22)14-18(26)24(16-6-7-16)13-17-5-4-12-29-17/h4-5,12,15-16H,6-11,13-14H2,1-3H3,(H,23,28). The van der Waals surface area contributed by atoms with Crippen molar-refractivity contribution in [3.63, 3.8) is 0 Å². The maximum Gasteiger partial charge on any atom is 0.325 e. The zero-order chi connectivity index (χ0) is 20.8. The summed E-state index contributed by atoms with van der Waals surface area (Å²) in [6.45, 7) is 7.10. The van der Waals surface area contributed by atoms with Crippen LogP contribution in [0, 0.1) is 11.3 Å². The van der Waals surface area contributed by atoms with Crippen LogP contribution in [0.5, 0.6) is 0 Å². The lowest BCUT2D eigenvalue weighted by Crippen LogP contribution is -2.51. The Bertz CT molecular complexity index is 787. The van der Waals surface area contributed by atoms with Gasteiger partial charge in [0.2, 0.25) is 5.91 Å². The third-order valence-corrected chi connectivity index (χ3v) is 7.68. The summed E-state index contributed by atoms with van der Waals surface area (Å²) in [5.41, 5.74) is -0.604. The number of hydrogen-bond acceptors (Lipinski definition) is 4. The molecule has 1 aromatic rings. The fourth-order valence-corrected chi connectivity index (χ4v) is 5.44. The number of hydrogen-bond donors (Lipinski definition) is 1. The third kappa shape index (κ3) is 4.06. The van der Waals surface area contributed by atoms with Gasteiger partial charge in [0.1, 0.15) is 12.1 Å². The predicted molar refractivity (Wildman–Crippen MR) is 112 cm³/mol. The van der Waals surface area contributed by atoms with Crippen LogP contribution < -0.4 is 5.32 Å². The maximum atomic E-state index is 13.2. The second-order valence-electron chi connectivity index (χ2n) is 9.88. The highest BCUT2D eigenvalue weighted by Crippen LogP contribution is 2.43. The Morgan fingerprint density at radius 2 is 1.93 bits per heavy atom. The molecule has 4 rings (SSSR count). The molecule has 0 bridgehead atoms. The number of thiophene rings is 1. The van der Waals surface area contributed by atoms with Gasteiger partial charge in [-0.15, -0.1) is 11.3 Å². The first kappa shape index (κ1) is 20.4. The topological polar surface area (TPSA) is 69.7 Å². The van der Waals surface area contributed by atoms with Crippen molar-refractivity contribution in [1.29, 1.82) is 0 Å². The van der Waals surface area contributed by atoms with Crippen molar-refractivity contribution in [1.82, 2.24) is 15.1 Å². The van der Waals surface area contributed by atoms with Gasteiger partial charge in [-0.1, -0.05) is 26.8 Å². The van der Waals surface area contributed by atoms with Gasteiger partial charge in [-0.2, -0.15) is 0 Å². The van der Waals surface area contributed by atoms with Crippen molar-refractivity contribution >= 4 is 29.2 Å². The monoisotopic (exact) mass is 417 g/mol. The molecule has 2 saturated carbocycles. The van der Waals surface area contributed by atoms with Crippen LogP contribution in [0.3, 0.4) is 0 Å². The summed E-state index contributed by atoms with van der Waals surface area (Å²) in [6.07, 6.45) is 5.15. The van der Waals surface area contributed by atoms with Crippen molar-refractivity contribution in [2.24, 2.45) is 11.3 Å². The van der Waals surface area contributed by atoms with E-state index in [0.29, 0.717) is 25.3 Å². The molecule has 3 aliphatic rings. The van der Waals surface area contributed by atoms with Crippen LogP contribution >= 0.6 is 11.3 Å².